The van der Waals surface area contributed by atoms with Gasteiger partial charge in [-0.3, -0.25) is 4.79 Å². The van der Waals surface area contributed by atoms with Gasteiger partial charge in [-0.25, -0.2) is 19.6 Å². The fourth-order valence-electron chi connectivity index (χ4n) is 3.66. The molecule has 9 nitrogen and oxygen atoms in total. The Hall–Kier alpha value is -3.11. The molecule has 0 atom stereocenters. The molecule has 3 N–H and O–H groups in total. The summed E-state index contributed by atoms with van der Waals surface area (Å²) in [4.78, 5) is 24.4. The molecule has 4 aromatic rings. The minimum Gasteiger partial charge on any atom is -0.383 e. The number of nitrogens with one attached hydrogen (secondary N) is 1. The number of ether oxygens (including phenoxy) is 1. The van der Waals surface area contributed by atoms with Crippen LogP contribution >= 0.6 is 11.3 Å². The number of anilines is 2. The quantitative estimate of drug-likeness (QED) is 0.533. The summed E-state index contributed by atoms with van der Waals surface area (Å²) in [5.41, 5.74) is 9.44. The van der Waals surface area contributed by atoms with Crippen LogP contribution in [-0.4, -0.2) is 43.9 Å². The van der Waals surface area contributed by atoms with Crippen molar-refractivity contribution in [1.82, 2.24) is 24.7 Å². The second kappa shape index (κ2) is 7.05. The van der Waals surface area contributed by atoms with E-state index in [0.717, 1.165) is 45.3 Å². The predicted molar refractivity (Wildman–Crippen MR) is 112 cm³/mol. The van der Waals surface area contributed by atoms with Gasteiger partial charge < -0.3 is 15.8 Å². The molecule has 1 aliphatic rings. The van der Waals surface area contributed by atoms with Crippen LogP contribution in [-0.2, 0) is 9.53 Å². The first-order valence-electron chi connectivity index (χ1n) is 9.35. The Labute approximate surface area is 169 Å². The molecule has 0 aliphatic carbocycles. The largest absolute Gasteiger partial charge is 0.383 e. The number of carbonyl (C=O) groups is 1. The molecule has 1 amide bonds. The van der Waals surface area contributed by atoms with Gasteiger partial charge >= 0.3 is 0 Å². The maximum Gasteiger partial charge on any atom is 0.223 e. The average Bonchev–Trinajstić information content (AvgIpc) is 3.29. The molecule has 148 valence electrons. The summed E-state index contributed by atoms with van der Waals surface area (Å²) >= 11 is 1.42. The Kier molecular flexibility index (Phi) is 4.36. The molecule has 0 saturated carbocycles. The maximum atomic E-state index is 11.3. The van der Waals surface area contributed by atoms with Gasteiger partial charge in [-0.1, -0.05) is 17.4 Å². The van der Waals surface area contributed by atoms with Crippen molar-refractivity contribution in [2.45, 2.75) is 25.8 Å². The van der Waals surface area contributed by atoms with Crippen LogP contribution in [0.15, 0.2) is 24.5 Å². The van der Waals surface area contributed by atoms with Crippen molar-refractivity contribution in [2.24, 2.45) is 0 Å². The number of hydrogen-bond donors (Lipinski definition) is 2. The van der Waals surface area contributed by atoms with E-state index in [1.54, 1.807) is 0 Å². The first kappa shape index (κ1) is 18.0. The molecule has 1 aromatic carbocycles. The topological polar surface area (TPSA) is 121 Å². The van der Waals surface area contributed by atoms with E-state index >= 15 is 0 Å². The van der Waals surface area contributed by atoms with Gasteiger partial charge in [0.15, 0.2) is 10.8 Å². The van der Waals surface area contributed by atoms with Crippen LogP contribution in [0.5, 0.6) is 0 Å². The molecule has 0 bridgehead atoms. The monoisotopic (exact) mass is 409 g/mol. The molecular formula is C19H19N7O2S. The second-order valence-electron chi connectivity index (χ2n) is 6.98. The van der Waals surface area contributed by atoms with Crippen molar-refractivity contribution in [2.75, 3.05) is 24.3 Å². The van der Waals surface area contributed by atoms with Gasteiger partial charge in [-0.2, -0.15) is 5.10 Å². The minimum absolute atomic E-state index is 0.143. The van der Waals surface area contributed by atoms with Crippen LogP contribution in [0.1, 0.15) is 25.8 Å². The fraction of sp³-hybridized carbons (Fsp3) is 0.316. The van der Waals surface area contributed by atoms with E-state index < -0.39 is 0 Å². The summed E-state index contributed by atoms with van der Waals surface area (Å²) in [5, 5.41) is 8.96. The first-order valence-corrected chi connectivity index (χ1v) is 10.2. The van der Waals surface area contributed by atoms with E-state index in [-0.39, 0.29) is 11.9 Å². The van der Waals surface area contributed by atoms with Crippen LogP contribution in [0, 0.1) is 0 Å². The lowest BCUT2D eigenvalue weighted by Gasteiger charge is -2.22. The summed E-state index contributed by atoms with van der Waals surface area (Å²) in [6, 6.07) is 6.11. The molecule has 1 fully saturated rings. The number of nitrogen functional groups attached to an aromatic ring is 1. The predicted octanol–water partition coefficient (Wildman–Crippen LogP) is 3.00. The highest BCUT2D eigenvalue weighted by Gasteiger charge is 2.24. The lowest BCUT2D eigenvalue weighted by atomic mass is 10.1. The van der Waals surface area contributed by atoms with Gasteiger partial charge in [0.1, 0.15) is 17.8 Å². The van der Waals surface area contributed by atoms with Crippen molar-refractivity contribution in [3.05, 3.63) is 24.5 Å². The zero-order valence-electron chi connectivity index (χ0n) is 15.8. The number of amides is 1. The normalized spacial score (nSPS) is 15.2. The highest BCUT2D eigenvalue weighted by Crippen LogP contribution is 2.36. The summed E-state index contributed by atoms with van der Waals surface area (Å²) in [6.45, 7) is 2.89. The third-order valence-electron chi connectivity index (χ3n) is 5.00. The molecule has 0 spiro atoms. The zero-order chi connectivity index (χ0) is 20.0. The van der Waals surface area contributed by atoms with Crippen LogP contribution in [0.2, 0.25) is 0 Å². The van der Waals surface area contributed by atoms with Crippen molar-refractivity contribution >= 4 is 49.4 Å². The van der Waals surface area contributed by atoms with E-state index in [2.05, 4.69) is 20.3 Å². The fourth-order valence-corrected chi connectivity index (χ4v) is 4.61. The lowest BCUT2D eigenvalue weighted by molar-refractivity contribution is -0.114. The molecule has 29 heavy (non-hydrogen) atoms. The van der Waals surface area contributed by atoms with E-state index in [0.29, 0.717) is 24.2 Å². The molecule has 4 heterocycles. The molecule has 1 saturated heterocycles. The van der Waals surface area contributed by atoms with Gasteiger partial charge in [0.25, 0.3) is 0 Å². The summed E-state index contributed by atoms with van der Waals surface area (Å²) in [5.74, 6) is 0.266. The highest BCUT2D eigenvalue weighted by atomic mass is 32.1. The number of hydrogen-bond acceptors (Lipinski definition) is 8. The van der Waals surface area contributed by atoms with E-state index in [9.17, 15) is 4.79 Å². The molecule has 0 radical (unpaired) electrons. The van der Waals surface area contributed by atoms with Crippen LogP contribution in [0.3, 0.4) is 0 Å². The van der Waals surface area contributed by atoms with Crippen LogP contribution < -0.4 is 11.1 Å². The number of thiazole rings is 1. The minimum atomic E-state index is -0.143. The summed E-state index contributed by atoms with van der Waals surface area (Å²) in [7, 11) is 0. The first-order chi connectivity index (χ1) is 14.1. The van der Waals surface area contributed by atoms with Crippen molar-refractivity contribution in [1.29, 1.82) is 0 Å². The van der Waals surface area contributed by atoms with Crippen LogP contribution in [0.25, 0.3) is 32.5 Å². The van der Waals surface area contributed by atoms with E-state index in [1.807, 2.05) is 22.9 Å². The molecule has 3 aromatic heterocycles. The van der Waals surface area contributed by atoms with Gasteiger partial charge in [0.05, 0.1) is 21.6 Å². The maximum absolute atomic E-state index is 11.3. The number of benzene rings is 1. The molecular weight excluding hydrogens is 390 g/mol. The highest BCUT2D eigenvalue weighted by molar-refractivity contribution is 7.22. The summed E-state index contributed by atoms with van der Waals surface area (Å²) in [6.07, 6.45) is 3.24. The van der Waals surface area contributed by atoms with Crippen molar-refractivity contribution in [3.8, 4) is 11.3 Å². The Balaban J connectivity index is 1.65. The SMILES string of the molecule is CC(=O)Nc1nc2ccc(-c3nn(C4CCOCC4)c4ncnc(N)c34)cc2s1. The second-order valence-corrected chi connectivity index (χ2v) is 8.01. The van der Waals surface area contributed by atoms with Gasteiger partial charge in [-0.05, 0) is 25.0 Å². The Morgan fingerprint density at radius 2 is 2.14 bits per heavy atom. The molecule has 0 unspecified atom stereocenters. The lowest BCUT2D eigenvalue weighted by Crippen LogP contribution is -2.20. The number of rotatable bonds is 3. The third-order valence-corrected chi connectivity index (χ3v) is 5.93. The van der Waals surface area contributed by atoms with Crippen LogP contribution in [0.4, 0.5) is 10.9 Å². The average molecular weight is 409 g/mol. The van der Waals surface area contributed by atoms with Gasteiger partial charge in [0.2, 0.25) is 5.91 Å². The van der Waals surface area contributed by atoms with Crippen molar-refractivity contribution < 1.29 is 9.53 Å². The summed E-state index contributed by atoms with van der Waals surface area (Å²) < 4.78 is 8.41. The molecule has 10 heteroatoms. The molecule has 1 aliphatic heterocycles. The van der Waals surface area contributed by atoms with E-state index in [4.69, 9.17) is 15.6 Å². The number of carbonyl (C=O) groups excluding carboxylic acids is 1. The Morgan fingerprint density at radius 3 is 2.93 bits per heavy atom. The van der Waals surface area contributed by atoms with Crippen molar-refractivity contribution in [3.63, 3.8) is 0 Å². The number of fused-ring (bicyclic) bond motifs is 2. The third kappa shape index (κ3) is 3.19. The number of aromatic nitrogens is 5. The van der Waals surface area contributed by atoms with E-state index in [1.165, 1.54) is 24.6 Å². The smallest absolute Gasteiger partial charge is 0.223 e. The Morgan fingerprint density at radius 1 is 1.31 bits per heavy atom. The van der Waals surface area contributed by atoms with Gasteiger partial charge in [0, 0.05) is 25.7 Å². The Bertz CT molecular complexity index is 1230. The zero-order valence-corrected chi connectivity index (χ0v) is 16.6. The molecule has 5 rings (SSSR count). The number of nitrogens with two attached hydrogens (primary N) is 1. The standard InChI is InChI=1S/C19H19N7O2S/c1-10(27)23-19-24-13-3-2-11(8-14(13)29-19)16-15-17(20)21-9-22-18(15)26(25-16)12-4-6-28-7-5-12/h2-3,8-9,12H,4-7H2,1H3,(H2,20,21,22)(H,23,24,27). The number of nitrogens with zero attached hydrogens (tertiary/aromatic N) is 5. The van der Waals surface area contributed by atoms with Gasteiger partial charge in [-0.15, -0.1) is 0 Å².